The molecule has 0 aliphatic carbocycles. The van der Waals surface area contributed by atoms with Crippen LogP contribution < -0.4 is 10.6 Å². The first-order chi connectivity index (χ1) is 11.1. The fourth-order valence-electron chi connectivity index (χ4n) is 2.02. The number of hydrogen-bond acceptors (Lipinski definition) is 4. The summed E-state index contributed by atoms with van der Waals surface area (Å²) in [4.78, 5) is 28.4. The number of carbonyl (C=O) groups excluding carboxylic acids is 2. The summed E-state index contributed by atoms with van der Waals surface area (Å²) in [5, 5.41) is 6.41. The Labute approximate surface area is 141 Å². The Morgan fingerprint density at radius 1 is 1.13 bits per heavy atom. The van der Waals surface area contributed by atoms with Crippen LogP contribution in [0.2, 0.25) is 5.02 Å². The zero-order chi connectivity index (χ0) is 16.2. The van der Waals surface area contributed by atoms with Crippen molar-refractivity contribution in [1.29, 1.82) is 0 Å². The molecule has 0 spiro atoms. The molecule has 0 aliphatic rings. The molecule has 7 heteroatoms. The molecule has 23 heavy (non-hydrogen) atoms. The van der Waals surface area contributed by atoms with Gasteiger partial charge in [0.1, 0.15) is 10.7 Å². The maximum atomic E-state index is 12.2. The number of thiophene rings is 1. The van der Waals surface area contributed by atoms with Crippen LogP contribution >= 0.6 is 22.9 Å². The van der Waals surface area contributed by atoms with E-state index in [1.165, 1.54) is 11.3 Å². The Hall–Kier alpha value is -2.44. The number of amides is 2. The van der Waals surface area contributed by atoms with Gasteiger partial charge in [0.25, 0.3) is 5.91 Å². The summed E-state index contributed by atoms with van der Waals surface area (Å²) < 4.78 is 0.931. The number of nitrogens with one attached hydrogen (secondary N) is 2. The number of nitrogens with zero attached hydrogens (tertiary/aromatic N) is 1. The second-order valence-corrected chi connectivity index (χ2v) is 6.12. The molecule has 0 atom stereocenters. The average molecular weight is 346 g/mol. The topological polar surface area (TPSA) is 71.1 Å². The van der Waals surface area contributed by atoms with Crippen molar-refractivity contribution in [2.45, 2.75) is 0 Å². The van der Waals surface area contributed by atoms with E-state index in [1.54, 1.807) is 24.4 Å². The van der Waals surface area contributed by atoms with E-state index in [0.717, 1.165) is 10.1 Å². The Balaban J connectivity index is 1.64. The predicted molar refractivity (Wildman–Crippen MR) is 92.0 cm³/mol. The van der Waals surface area contributed by atoms with Gasteiger partial charge in [0.15, 0.2) is 0 Å². The van der Waals surface area contributed by atoms with Gasteiger partial charge in [-0.15, -0.1) is 11.3 Å². The highest BCUT2D eigenvalue weighted by Crippen LogP contribution is 2.34. The van der Waals surface area contributed by atoms with E-state index < -0.39 is 0 Å². The van der Waals surface area contributed by atoms with Gasteiger partial charge in [-0.05, 0) is 18.2 Å². The maximum Gasteiger partial charge on any atom is 0.263 e. The van der Waals surface area contributed by atoms with Crippen LogP contribution in [0.15, 0.2) is 48.7 Å². The standard InChI is InChI=1S/C16H12ClN3O2S/c17-14-10-5-1-2-6-11(10)23-15(14)16(22)19-9-13(21)20-12-7-3-4-8-18-12/h1-8H,9H2,(H,19,22)(H,18,20,21). The molecule has 2 N–H and O–H groups in total. The third-order valence-electron chi connectivity index (χ3n) is 3.08. The van der Waals surface area contributed by atoms with E-state index in [0.29, 0.717) is 15.7 Å². The lowest BCUT2D eigenvalue weighted by Crippen LogP contribution is -2.32. The summed E-state index contributed by atoms with van der Waals surface area (Å²) in [6, 6.07) is 12.7. The fraction of sp³-hybridized carbons (Fsp3) is 0.0625. The van der Waals surface area contributed by atoms with Crippen molar-refractivity contribution in [3.8, 4) is 0 Å². The van der Waals surface area contributed by atoms with Gasteiger partial charge in [-0.1, -0.05) is 35.9 Å². The molecule has 3 rings (SSSR count). The van der Waals surface area contributed by atoms with Crippen molar-refractivity contribution >= 4 is 50.7 Å². The first-order valence-corrected chi connectivity index (χ1v) is 8.00. The van der Waals surface area contributed by atoms with Gasteiger partial charge in [-0.25, -0.2) is 4.98 Å². The lowest BCUT2D eigenvalue weighted by Gasteiger charge is -2.05. The van der Waals surface area contributed by atoms with Gasteiger partial charge in [0, 0.05) is 16.3 Å². The molecule has 3 aromatic rings. The van der Waals surface area contributed by atoms with Crippen LogP contribution in [0, 0.1) is 0 Å². The number of rotatable bonds is 4. The van der Waals surface area contributed by atoms with Crippen molar-refractivity contribution in [3.05, 3.63) is 58.6 Å². The minimum atomic E-state index is -0.368. The Morgan fingerprint density at radius 3 is 2.65 bits per heavy atom. The zero-order valence-electron chi connectivity index (χ0n) is 11.9. The highest BCUT2D eigenvalue weighted by atomic mass is 35.5. The highest BCUT2D eigenvalue weighted by molar-refractivity contribution is 7.21. The number of pyridine rings is 1. The quantitative estimate of drug-likeness (QED) is 0.762. The molecule has 0 unspecified atom stereocenters. The smallest absolute Gasteiger partial charge is 0.263 e. The Morgan fingerprint density at radius 2 is 1.91 bits per heavy atom. The van der Waals surface area contributed by atoms with E-state index in [1.807, 2.05) is 24.3 Å². The van der Waals surface area contributed by atoms with Crippen LogP contribution in [-0.2, 0) is 4.79 Å². The molecule has 0 fully saturated rings. The molecule has 0 saturated carbocycles. The van der Waals surface area contributed by atoms with Gasteiger partial charge in [0.2, 0.25) is 5.91 Å². The van der Waals surface area contributed by atoms with Crippen molar-refractivity contribution < 1.29 is 9.59 Å². The van der Waals surface area contributed by atoms with Gasteiger partial charge < -0.3 is 10.6 Å². The van der Waals surface area contributed by atoms with Crippen molar-refractivity contribution in [2.24, 2.45) is 0 Å². The number of carbonyl (C=O) groups is 2. The first kappa shape index (κ1) is 15.5. The number of benzene rings is 1. The number of anilines is 1. The number of halogens is 1. The molecule has 5 nitrogen and oxygen atoms in total. The lowest BCUT2D eigenvalue weighted by atomic mass is 10.2. The predicted octanol–water partition coefficient (Wildman–Crippen LogP) is 3.32. The third-order valence-corrected chi connectivity index (χ3v) is 4.76. The van der Waals surface area contributed by atoms with Crippen LogP contribution in [0.1, 0.15) is 9.67 Å². The minimum absolute atomic E-state index is 0.153. The van der Waals surface area contributed by atoms with E-state index in [9.17, 15) is 9.59 Å². The van der Waals surface area contributed by atoms with E-state index >= 15 is 0 Å². The maximum absolute atomic E-state index is 12.2. The second kappa shape index (κ2) is 6.76. The summed E-state index contributed by atoms with van der Waals surface area (Å²) in [6.07, 6.45) is 1.57. The van der Waals surface area contributed by atoms with E-state index in [4.69, 9.17) is 11.6 Å². The first-order valence-electron chi connectivity index (χ1n) is 6.81. The number of fused-ring (bicyclic) bond motifs is 1. The molecule has 116 valence electrons. The second-order valence-electron chi connectivity index (χ2n) is 4.69. The monoisotopic (exact) mass is 345 g/mol. The summed E-state index contributed by atoms with van der Waals surface area (Å²) in [5.41, 5.74) is 0. The average Bonchev–Trinajstić information content (AvgIpc) is 2.91. The van der Waals surface area contributed by atoms with E-state index in [2.05, 4.69) is 15.6 Å². The Kier molecular flexibility index (Phi) is 4.55. The molecular formula is C16H12ClN3O2S. The number of hydrogen-bond donors (Lipinski definition) is 2. The molecule has 2 amide bonds. The van der Waals surface area contributed by atoms with Crippen LogP contribution in [0.4, 0.5) is 5.82 Å². The Bertz CT molecular complexity index is 864. The van der Waals surface area contributed by atoms with Gasteiger partial charge in [-0.2, -0.15) is 0 Å². The normalized spacial score (nSPS) is 10.5. The number of aromatic nitrogens is 1. The molecule has 0 radical (unpaired) electrons. The highest BCUT2D eigenvalue weighted by Gasteiger charge is 2.17. The zero-order valence-corrected chi connectivity index (χ0v) is 13.4. The molecule has 0 aliphatic heterocycles. The van der Waals surface area contributed by atoms with Gasteiger partial charge >= 0.3 is 0 Å². The summed E-state index contributed by atoms with van der Waals surface area (Å²) in [5.74, 6) is -0.284. The van der Waals surface area contributed by atoms with E-state index in [-0.39, 0.29) is 18.4 Å². The van der Waals surface area contributed by atoms with Crippen molar-refractivity contribution in [2.75, 3.05) is 11.9 Å². The SMILES string of the molecule is O=C(CNC(=O)c1sc2ccccc2c1Cl)Nc1ccccn1. The van der Waals surface area contributed by atoms with Crippen molar-refractivity contribution in [3.63, 3.8) is 0 Å². The van der Waals surface area contributed by atoms with Gasteiger partial charge in [-0.3, -0.25) is 9.59 Å². The molecule has 2 aromatic heterocycles. The lowest BCUT2D eigenvalue weighted by molar-refractivity contribution is -0.115. The summed E-state index contributed by atoms with van der Waals surface area (Å²) >= 11 is 7.54. The largest absolute Gasteiger partial charge is 0.342 e. The molecular weight excluding hydrogens is 334 g/mol. The van der Waals surface area contributed by atoms with Crippen LogP contribution in [0.5, 0.6) is 0 Å². The molecule has 0 bridgehead atoms. The summed E-state index contributed by atoms with van der Waals surface area (Å²) in [7, 11) is 0. The van der Waals surface area contributed by atoms with Crippen LogP contribution in [0.3, 0.4) is 0 Å². The van der Waals surface area contributed by atoms with Crippen molar-refractivity contribution in [1.82, 2.24) is 10.3 Å². The fourth-order valence-corrected chi connectivity index (χ4v) is 3.46. The van der Waals surface area contributed by atoms with Crippen LogP contribution in [-0.4, -0.2) is 23.3 Å². The molecule has 1 aromatic carbocycles. The molecule has 0 saturated heterocycles. The third kappa shape index (κ3) is 3.49. The summed E-state index contributed by atoms with van der Waals surface area (Å²) in [6.45, 7) is -0.153. The van der Waals surface area contributed by atoms with Crippen LogP contribution in [0.25, 0.3) is 10.1 Å². The minimum Gasteiger partial charge on any atom is -0.342 e. The molecule has 2 heterocycles. The van der Waals surface area contributed by atoms with Gasteiger partial charge in [0.05, 0.1) is 11.6 Å².